The Hall–Kier alpha value is -1.79. The van der Waals surface area contributed by atoms with Gasteiger partial charge in [-0.05, 0) is 24.2 Å². The number of carbonyl (C=O) groups is 1. The highest BCUT2D eigenvalue weighted by Gasteiger charge is 2.15. The zero-order valence-electron chi connectivity index (χ0n) is 9.07. The van der Waals surface area contributed by atoms with Crippen LogP contribution in [0.3, 0.4) is 0 Å². The molecule has 7 heteroatoms. The van der Waals surface area contributed by atoms with Crippen molar-refractivity contribution < 1.29 is 9.72 Å². The average Bonchev–Trinajstić information content (AvgIpc) is 2.72. The lowest BCUT2D eigenvalue weighted by Crippen LogP contribution is -2.08. The van der Waals surface area contributed by atoms with Crippen molar-refractivity contribution in [1.29, 1.82) is 0 Å². The second-order valence-electron chi connectivity index (χ2n) is 3.49. The van der Waals surface area contributed by atoms with Crippen LogP contribution in [0.5, 0.6) is 0 Å². The lowest BCUT2D eigenvalue weighted by Gasteiger charge is -2.05. The van der Waals surface area contributed by atoms with Crippen LogP contribution < -0.4 is 0 Å². The van der Waals surface area contributed by atoms with Gasteiger partial charge in [0.25, 0.3) is 0 Å². The molecule has 0 spiro atoms. The molecule has 16 heavy (non-hydrogen) atoms. The monoisotopic (exact) mass is 226 g/mol. The predicted molar refractivity (Wildman–Crippen MR) is 55.8 cm³/mol. The topological polar surface area (TPSA) is 90.9 Å². The average molecular weight is 226 g/mol. The fourth-order valence-corrected chi connectivity index (χ4v) is 1.43. The molecule has 7 nitrogen and oxygen atoms in total. The second kappa shape index (κ2) is 5.94. The number of hydrogen-bond acceptors (Lipinski definition) is 5. The van der Waals surface area contributed by atoms with E-state index in [9.17, 15) is 14.9 Å². The third kappa shape index (κ3) is 3.11. The summed E-state index contributed by atoms with van der Waals surface area (Å²) < 4.78 is 1.25. The van der Waals surface area contributed by atoms with E-state index in [0.717, 1.165) is 25.5 Å². The van der Waals surface area contributed by atoms with E-state index in [-0.39, 0.29) is 11.9 Å². The Bertz CT molecular complexity index is 363. The summed E-state index contributed by atoms with van der Waals surface area (Å²) in [5.41, 5.74) is 0. The Kier molecular flexibility index (Phi) is 4.56. The number of carbonyl (C=O) groups excluding carboxylic acids is 1. The molecule has 0 N–H and O–H groups in total. The molecule has 0 aliphatic rings. The molecule has 0 fully saturated rings. The molecule has 1 unspecified atom stereocenters. The van der Waals surface area contributed by atoms with Crippen LogP contribution in [0.2, 0.25) is 0 Å². The van der Waals surface area contributed by atoms with Gasteiger partial charge in [-0.2, -0.15) is 0 Å². The van der Waals surface area contributed by atoms with Crippen LogP contribution >= 0.6 is 0 Å². The summed E-state index contributed by atoms with van der Waals surface area (Å²) in [6.45, 7) is 2.36. The zero-order valence-corrected chi connectivity index (χ0v) is 9.07. The van der Waals surface area contributed by atoms with E-state index in [1.165, 1.54) is 4.68 Å². The van der Waals surface area contributed by atoms with E-state index in [1.807, 2.05) is 6.92 Å². The molecule has 0 bridgehead atoms. The maximum absolute atomic E-state index is 10.6. The molecule has 0 saturated heterocycles. The highest BCUT2D eigenvalue weighted by molar-refractivity contribution is 5.53. The van der Waals surface area contributed by atoms with Crippen molar-refractivity contribution in [2.45, 2.75) is 32.7 Å². The molecule has 1 heterocycles. The van der Waals surface area contributed by atoms with Crippen LogP contribution in [0, 0.1) is 16.0 Å². The number of aromatic nitrogens is 3. The van der Waals surface area contributed by atoms with Gasteiger partial charge < -0.3 is 14.9 Å². The standard InChI is InChI=1S/C9H14N4O3/c1-2-8(6-14)4-3-5-12-9(13(15)16)10-7-11-12/h6-8H,2-5H2,1H3. The van der Waals surface area contributed by atoms with E-state index >= 15 is 0 Å². The summed E-state index contributed by atoms with van der Waals surface area (Å²) in [4.78, 5) is 24.1. The second-order valence-corrected chi connectivity index (χ2v) is 3.49. The Morgan fingerprint density at radius 2 is 2.44 bits per heavy atom. The number of hydrogen-bond donors (Lipinski definition) is 0. The molecule has 1 rings (SSSR count). The minimum absolute atomic E-state index is 0.0302. The first-order chi connectivity index (χ1) is 7.69. The van der Waals surface area contributed by atoms with Crippen LogP contribution in [0.4, 0.5) is 5.95 Å². The summed E-state index contributed by atoms with van der Waals surface area (Å²) in [6, 6.07) is 0. The van der Waals surface area contributed by atoms with Crippen LogP contribution in [-0.4, -0.2) is 26.0 Å². The van der Waals surface area contributed by atoms with Crippen molar-refractivity contribution in [3.63, 3.8) is 0 Å². The number of nitrogens with zero attached hydrogens (tertiary/aromatic N) is 4. The molecule has 0 aromatic carbocycles. The normalized spacial score (nSPS) is 12.3. The van der Waals surface area contributed by atoms with Crippen LogP contribution in [-0.2, 0) is 11.3 Å². The minimum Gasteiger partial charge on any atom is -0.390 e. The van der Waals surface area contributed by atoms with Crippen molar-refractivity contribution >= 4 is 12.2 Å². The Labute approximate surface area is 92.6 Å². The smallest absolute Gasteiger partial charge is 0.390 e. The molecular weight excluding hydrogens is 212 g/mol. The first-order valence-electron chi connectivity index (χ1n) is 5.16. The highest BCUT2D eigenvalue weighted by Crippen LogP contribution is 2.11. The van der Waals surface area contributed by atoms with Gasteiger partial charge in [0.1, 0.15) is 6.29 Å². The van der Waals surface area contributed by atoms with E-state index in [0.29, 0.717) is 13.0 Å². The largest absolute Gasteiger partial charge is 0.455 e. The van der Waals surface area contributed by atoms with Crippen molar-refractivity contribution in [1.82, 2.24) is 14.8 Å². The number of aryl methyl sites for hydroxylation is 1. The lowest BCUT2D eigenvalue weighted by atomic mass is 10.0. The van der Waals surface area contributed by atoms with Gasteiger partial charge in [-0.1, -0.05) is 17.0 Å². The minimum atomic E-state index is -0.565. The summed E-state index contributed by atoms with van der Waals surface area (Å²) in [5, 5.41) is 14.3. The third-order valence-corrected chi connectivity index (χ3v) is 2.42. The molecule has 0 aliphatic heterocycles. The predicted octanol–water partition coefficient (Wildman–Crippen LogP) is 1.19. The first-order valence-corrected chi connectivity index (χ1v) is 5.16. The highest BCUT2D eigenvalue weighted by atomic mass is 16.6. The number of rotatable bonds is 7. The van der Waals surface area contributed by atoms with E-state index in [2.05, 4.69) is 10.1 Å². The van der Waals surface area contributed by atoms with Crippen molar-refractivity contribution in [2.24, 2.45) is 5.92 Å². The summed E-state index contributed by atoms with van der Waals surface area (Å²) in [6.07, 6.45) is 4.28. The van der Waals surface area contributed by atoms with Crippen LogP contribution in [0.1, 0.15) is 26.2 Å². The molecule has 0 amide bonds. The third-order valence-electron chi connectivity index (χ3n) is 2.42. The van der Waals surface area contributed by atoms with Crippen molar-refractivity contribution in [3.05, 3.63) is 16.4 Å². The van der Waals surface area contributed by atoms with Gasteiger partial charge in [-0.15, -0.1) is 4.68 Å². The van der Waals surface area contributed by atoms with Gasteiger partial charge >= 0.3 is 5.95 Å². The fraction of sp³-hybridized carbons (Fsp3) is 0.667. The Balaban J connectivity index is 2.45. The van der Waals surface area contributed by atoms with Crippen molar-refractivity contribution in [2.75, 3.05) is 0 Å². The first kappa shape index (κ1) is 12.3. The molecule has 0 aliphatic carbocycles. The molecule has 0 saturated carbocycles. The summed E-state index contributed by atoms with van der Waals surface area (Å²) >= 11 is 0. The Morgan fingerprint density at radius 3 is 3.00 bits per heavy atom. The summed E-state index contributed by atoms with van der Waals surface area (Å²) in [5.74, 6) is -0.221. The lowest BCUT2D eigenvalue weighted by molar-refractivity contribution is -0.397. The SMILES string of the molecule is CCC(C=O)CCCn1ncnc1[N+](=O)[O-]. The van der Waals surface area contributed by atoms with Gasteiger partial charge in [-0.25, -0.2) is 0 Å². The van der Waals surface area contributed by atoms with Gasteiger partial charge in [0.05, 0.1) is 6.54 Å². The van der Waals surface area contributed by atoms with E-state index < -0.39 is 4.92 Å². The van der Waals surface area contributed by atoms with Gasteiger partial charge in [0.2, 0.25) is 6.33 Å². The molecular formula is C9H14N4O3. The quantitative estimate of drug-likeness (QED) is 0.395. The maximum Gasteiger partial charge on any atom is 0.455 e. The number of aldehydes is 1. The van der Waals surface area contributed by atoms with Crippen LogP contribution in [0.25, 0.3) is 0 Å². The summed E-state index contributed by atoms with van der Waals surface area (Å²) in [7, 11) is 0. The van der Waals surface area contributed by atoms with E-state index in [4.69, 9.17) is 0 Å². The molecule has 1 aromatic rings. The molecule has 88 valence electrons. The molecule has 1 atom stereocenters. The van der Waals surface area contributed by atoms with Gasteiger partial charge in [0, 0.05) is 5.92 Å². The number of nitro groups is 1. The zero-order chi connectivity index (χ0) is 12.0. The van der Waals surface area contributed by atoms with Gasteiger partial charge in [-0.3, -0.25) is 0 Å². The fourth-order valence-electron chi connectivity index (χ4n) is 1.43. The maximum atomic E-state index is 10.6. The van der Waals surface area contributed by atoms with Gasteiger partial charge in [0.15, 0.2) is 0 Å². The van der Waals surface area contributed by atoms with Crippen LogP contribution in [0.15, 0.2) is 6.33 Å². The van der Waals surface area contributed by atoms with Crippen molar-refractivity contribution in [3.8, 4) is 0 Å². The molecule has 0 radical (unpaired) electrons. The molecule has 1 aromatic heterocycles. The Morgan fingerprint density at radius 1 is 1.69 bits per heavy atom. The van der Waals surface area contributed by atoms with E-state index in [1.54, 1.807) is 0 Å².